The highest BCUT2D eigenvalue weighted by molar-refractivity contribution is 5.94. The zero-order valence-electron chi connectivity index (χ0n) is 19.7. The van der Waals surface area contributed by atoms with Crippen molar-refractivity contribution in [1.29, 1.82) is 0 Å². The average molecular weight is 441 g/mol. The van der Waals surface area contributed by atoms with Crippen LogP contribution in [0.25, 0.3) is 0 Å². The minimum atomic E-state index is -1.12. The fourth-order valence-corrected chi connectivity index (χ4v) is 3.86. The summed E-state index contributed by atoms with van der Waals surface area (Å²) in [4.78, 5) is 51.5. The van der Waals surface area contributed by atoms with Crippen LogP contribution in [0.3, 0.4) is 0 Å². The molecular formula is C22H40N4O5. The van der Waals surface area contributed by atoms with Gasteiger partial charge < -0.3 is 26.4 Å². The molecule has 5 N–H and O–H groups in total. The van der Waals surface area contributed by atoms with Crippen molar-refractivity contribution in [3.8, 4) is 0 Å². The lowest BCUT2D eigenvalue weighted by atomic mass is 10.00. The van der Waals surface area contributed by atoms with Gasteiger partial charge in [-0.3, -0.25) is 14.4 Å². The maximum Gasteiger partial charge on any atom is 0.326 e. The van der Waals surface area contributed by atoms with Crippen molar-refractivity contribution < 1.29 is 24.3 Å². The molecule has 0 aromatic heterocycles. The van der Waals surface area contributed by atoms with Crippen LogP contribution in [0.1, 0.15) is 67.2 Å². The third kappa shape index (κ3) is 8.12. The summed E-state index contributed by atoms with van der Waals surface area (Å²) >= 11 is 0. The number of hydrogen-bond acceptors (Lipinski definition) is 5. The summed E-state index contributed by atoms with van der Waals surface area (Å²) in [5, 5.41) is 14.7. The molecule has 9 heteroatoms. The molecule has 0 aromatic carbocycles. The number of amides is 3. The van der Waals surface area contributed by atoms with Gasteiger partial charge in [0.2, 0.25) is 17.7 Å². The van der Waals surface area contributed by atoms with E-state index in [1.54, 1.807) is 13.8 Å². The summed E-state index contributed by atoms with van der Waals surface area (Å²) < 4.78 is 0. The van der Waals surface area contributed by atoms with Gasteiger partial charge in [0.15, 0.2) is 0 Å². The molecule has 1 aliphatic heterocycles. The lowest BCUT2D eigenvalue weighted by molar-refractivity contribution is -0.144. The average Bonchev–Trinajstić information content (AvgIpc) is 3.12. The molecule has 0 spiro atoms. The molecule has 4 unspecified atom stereocenters. The first-order valence-electron chi connectivity index (χ1n) is 11.2. The van der Waals surface area contributed by atoms with Crippen LogP contribution in [0.5, 0.6) is 0 Å². The van der Waals surface area contributed by atoms with Gasteiger partial charge in [-0.1, -0.05) is 41.5 Å². The van der Waals surface area contributed by atoms with Crippen LogP contribution >= 0.6 is 0 Å². The highest BCUT2D eigenvalue weighted by atomic mass is 16.4. The Balaban J connectivity index is 2.91. The quantitative estimate of drug-likeness (QED) is 0.379. The number of nitrogens with one attached hydrogen (secondary N) is 2. The zero-order chi connectivity index (χ0) is 23.9. The fraction of sp³-hybridized carbons (Fsp3) is 0.818. The minimum absolute atomic E-state index is 0.0964. The summed E-state index contributed by atoms with van der Waals surface area (Å²) in [6.45, 7) is 11.7. The van der Waals surface area contributed by atoms with E-state index in [9.17, 15) is 24.3 Å². The first kappa shape index (κ1) is 26.9. The third-order valence-electron chi connectivity index (χ3n) is 5.45. The van der Waals surface area contributed by atoms with E-state index in [-0.39, 0.29) is 23.7 Å². The van der Waals surface area contributed by atoms with E-state index in [4.69, 9.17) is 5.73 Å². The number of hydrogen-bond donors (Lipinski definition) is 4. The van der Waals surface area contributed by atoms with Gasteiger partial charge in [-0.15, -0.1) is 0 Å². The van der Waals surface area contributed by atoms with Gasteiger partial charge in [0, 0.05) is 6.54 Å². The van der Waals surface area contributed by atoms with Gasteiger partial charge in [0.25, 0.3) is 0 Å². The molecule has 31 heavy (non-hydrogen) atoms. The van der Waals surface area contributed by atoms with E-state index in [2.05, 4.69) is 10.6 Å². The molecule has 1 fully saturated rings. The Morgan fingerprint density at radius 1 is 1.00 bits per heavy atom. The molecule has 3 amide bonds. The highest BCUT2D eigenvalue weighted by Crippen LogP contribution is 2.20. The van der Waals surface area contributed by atoms with Crippen molar-refractivity contribution in [2.45, 2.75) is 91.4 Å². The Morgan fingerprint density at radius 3 is 2.06 bits per heavy atom. The Bertz CT molecular complexity index is 650. The van der Waals surface area contributed by atoms with Crippen LogP contribution in [0.15, 0.2) is 0 Å². The van der Waals surface area contributed by atoms with E-state index in [1.807, 2.05) is 27.7 Å². The number of nitrogens with two attached hydrogens (primary N) is 1. The second-order valence-corrected chi connectivity index (χ2v) is 9.68. The number of nitrogens with zero attached hydrogens (tertiary/aromatic N) is 1. The Labute approximate surface area is 185 Å². The molecule has 9 nitrogen and oxygen atoms in total. The van der Waals surface area contributed by atoms with Crippen molar-refractivity contribution in [2.24, 2.45) is 23.5 Å². The number of carboxylic acids is 1. The zero-order valence-corrected chi connectivity index (χ0v) is 19.7. The predicted octanol–water partition coefficient (Wildman–Crippen LogP) is 1.11. The Kier molecular flexibility index (Phi) is 10.4. The van der Waals surface area contributed by atoms with E-state index in [1.165, 1.54) is 4.90 Å². The molecule has 4 atom stereocenters. The number of carbonyl (C=O) groups excluding carboxylic acids is 3. The normalized spacial score (nSPS) is 19.4. The lowest BCUT2D eigenvalue weighted by Crippen LogP contribution is -2.57. The van der Waals surface area contributed by atoms with Crippen molar-refractivity contribution in [2.75, 3.05) is 6.54 Å². The summed E-state index contributed by atoms with van der Waals surface area (Å²) in [5.74, 6) is -2.25. The second-order valence-electron chi connectivity index (χ2n) is 9.68. The number of carboxylic acid groups (broad SMARTS) is 1. The molecule has 1 heterocycles. The monoisotopic (exact) mass is 440 g/mol. The summed E-state index contributed by atoms with van der Waals surface area (Å²) in [6, 6.07) is -3.26. The summed E-state index contributed by atoms with van der Waals surface area (Å²) in [6.07, 6.45) is 2.09. The van der Waals surface area contributed by atoms with Crippen LogP contribution in [-0.4, -0.2) is 64.4 Å². The maximum atomic E-state index is 13.0. The number of rotatable bonds is 11. The van der Waals surface area contributed by atoms with Crippen LogP contribution in [0.4, 0.5) is 0 Å². The minimum Gasteiger partial charge on any atom is -0.480 e. The molecule has 1 rings (SSSR count). The van der Waals surface area contributed by atoms with Crippen LogP contribution in [0.2, 0.25) is 0 Å². The van der Waals surface area contributed by atoms with E-state index < -0.39 is 42.0 Å². The predicted molar refractivity (Wildman–Crippen MR) is 118 cm³/mol. The molecule has 0 saturated carbocycles. The molecule has 1 aliphatic rings. The fourth-order valence-electron chi connectivity index (χ4n) is 3.86. The first-order valence-corrected chi connectivity index (χ1v) is 11.2. The summed E-state index contributed by atoms with van der Waals surface area (Å²) in [5.41, 5.74) is 6.04. The van der Waals surface area contributed by atoms with Crippen molar-refractivity contribution >= 4 is 23.7 Å². The van der Waals surface area contributed by atoms with Gasteiger partial charge in [-0.2, -0.15) is 0 Å². The Morgan fingerprint density at radius 2 is 1.58 bits per heavy atom. The van der Waals surface area contributed by atoms with Crippen molar-refractivity contribution in [3.63, 3.8) is 0 Å². The van der Waals surface area contributed by atoms with E-state index in [0.29, 0.717) is 32.2 Å². The standard InChI is InChI=1S/C22H40N4O5/c1-12(2)10-15(23)21(29)26-9-7-8-17(26)20(28)24-16(11-13(3)4)19(27)25-18(14(5)6)22(30)31/h12-18H,7-11,23H2,1-6H3,(H,24,28)(H,25,27)(H,30,31). The number of aliphatic carboxylic acids is 1. The van der Waals surface area contributed by atoms with Crippen LogP contribution in [-0.2, 0) is 19.2 Å². The second kappa shape index (κ2) is 12.0. The maximum absolute atomic E-state index is 13.0. The highest BCUT2D eigenvalue weighted by Gasteiger charge is 2.38. The smallest absolute Gasteiger partial charge is 0.326 e. The van der Waals surface area contributed by atoms with E-state index in [0.717, 1.165) is 0 Å². The molecular weight excluding hydrogens is 400 g/mol. The van der Waals surface area contributed by atoms with Crippen molar-refractivity contribution in [3.05, 3.63) is 0 Å². The van der Waals surface area contributed by atoms with Crippen LogP contribution in [0, 0.1) is 17.8 Å². The molecule has 1 saturated heterocycles. The summed E-state index contributed by atoms with van der Waals surface area (Å²) in [7, 11) is 0. The van der Waals surface area contributed by atoms with Crippen LogP contribution < -0.4 is 16.4 Å². The van der Waals surface area contributed by atoms with Gasteiger partial charge in [0.1, 0.15) is 18.1 Å². The topological polar surface area (TPSA) is 142 Å². The largest absolute Gasteiger partial charge is 0.480 e. The lowest BCUT2D eigenvalue weighted by Gasteiger charge is -2.29. The number of carbonyl (C=O) groups is 4. The Hall–Kier alpha value is -2.16. The van der Waals surface area contributed by atoms with Gasteiger partial charge in [0.05, 0.1) is 6.04 Å². The van der Waals surface area contributed by atoms with Gasteiger partial charge in [-0.05, 0) is 43.4 Å². The van der Waals surface area contributed by atoms with E-state index >= 15 is 0 Å². The van der Waals surface area contributed by atoms with Gasteiger partial charge >= 0.3 is 5.97 Å². The SMILES string of the molecule is CC(C)CC(N)C(=O)N1CCCC1C(=O)NC(CC(C)C)C(=O)NC(C(=O)O)C(C)C. The third-order valence-corrected chi connectivity index (χ3v) is 5.45. The molecule has 0 aliphatic carbocycles. The molecule has 0 bridgehead atoms. The molecule has 0 aromatic rings. The first-order chi connectivity index (χ1) is 14.3. The van der Waals surface area contributed by atoms with Gasteiger partial charge in [-0.25, -0.2) is 4.79 Å². The number of likely N-dealkylation sites (tertiary alicyclic amines) is 1. The molecule has 0 radical (unpaired) electrons. The van der Waals surface area contributed by atoms with Crippen molar-refractivity contribution in [1.82, 2.24) is 15.5 Å². The molecule has 178 valence electrons.